The van der Waals surface area contributed by atoms with Crippen molar-refractivity contribution in [3.05, 3.63) is 24.3 Å². The third kappa shape index (κ3) is 3.85. The standard InChI is InChI=1S/C21H29N5OS/c1-6-14(4)26(15(5)7-2)18(27)13-28-21-22-20-19(23-24-21)16-11-9-10-12-17(16)25(20)8-3/h9-12,14-15H,6-8,13H2,1-5H3. The fourth-order valence-corrected chi connectivity index (χ4v) is 4.24. The van der Waals surface area contributed by atoms with Crippen LogP contribution in [0.15, 0.2) is 29.4 Å². The zero-order valence-corrected chi connectivity index (χ0v) is 18.2. The minimum Gasteiger partial charge on any atom is -0.337 e. The molecule has 0 fully saturated rings. The fourth-order valence-electron chi connectivity index (χ4n) is 3.59. The van der Waals surface area contributed by atoms with E-state index in [4.69, 9.17) is 4.98 Å². The maximum atomic E-state index is 12.9. The summed E-state index contributed by atoms with van der Waals surface area (Å²) in [6.07, 6.45) is 1.89. The average Bonchev–Trinajstić information content (AvgIpc) is 3.04. The molecule has 0 aliphatic heterocycles. The van der Waals surface area contributed by atoms with Crippen LogP contribution in [-0.4, -0.2) is 48.4 Å². The van der Waals surface area contributed by atoms with Crippen LogP contribution in [0.25, 0.3) is 22.1 Å². The average molecular weight is 400 g/mol. The lowest BCUT2D eigenvalue weighted by molar-refractivity contribution is -0.132. The molecule has 0 bridgehead atoms. The molecule has 0 spiro atoms. The van der Waals surface area contributed by atoms with Crippen molar-refractivity contribution in [3.8, 4) is 0 Å². The van der Waals surface area contributed by atoms with E-state index in [0.29, 0.717) is 10.9 Å². The molecule has 3 aromatic rings. The van der Waals surface area contributed by atoms with Crippen LogP contribution >= 0.6 is 11.8 Å². The van der Waals surface area contributed by atoms with E-state index in [2.05, 4.69) is 55.4 Å². The minimum absolute atomic E-state index is 0.133. The van der Waals surface area contributed by atoms with Gasteiger partial charge in [-0.25, -0.2) is 4.98 Å². The Balaban J connectivity index is 1.84. The molecule has 2 aromatic heterocycles. The summed E-state index contributed by atoms with van der Waals surface area (Å²) in [5, 5.41) is 10.3. The Morgan fingerprint density at radius 2 is 1.79 bits per heavy atom. The van der Waals surface area contributed by atoms with Crippen molar-refractivity contribution in [2.75, 3.05) is 5.75 Å². The van der Waals surface area contributed by atoms with E-state index in [0.717, 1.165) is 41.5 Å². The van der Waals surface area contributed by atoms with Crippen LogP contribution in [0.3, 0.4) is 0 Å². The Morgan fingerprint density at radius 1 is 1.11 bits per heavy atom. The molecular formula is C21H29N5OS. The van der Waals surface area contributed by atoms with Crippen LogP contribution in [0.1, 0.15) is 47.5 Å². The zero-order valence-electron chi connectivity index (χ0n) is 17.3. The third-order valence-electron chi connectivity index (χ3n) is 5.41. The maximum Gasteiger partial charge on any atom is 0.233 e. The Labute approximate surface area is 170 Å². The van der Waals surface area contributed by atoms with Gasteiger partial charge in [-0.1, -0.05) is 43.8 Å². The number of aromatic nitrogens is 4. The van der Waals surface area contributed by atoms with Gasteiger partial charge in [-0.2, -0.15) is 0 Å². The van der Waals surface area contributed by atoms with Crippen molar-refractivity contribution >= 4 is 39.7 Å². The predicted molar refractivity (Wildman–Crippen MR) is 116 cm³/mol. The van der Waals surface area contributed by atoms with Crippen LogP contribution in [-0.2, 0) is 11.3 Å². The highest BCUT2D eigenvalue weighted by Gasteiger charge is 2.24. The molecule has 7 heteroatoms. The van der Waals surface area contributed by atoms with Crippen LogP contribution in [0.2, 0.25) is 0 Å². The van der Waals surface area contributed by atoms with Gasteiger partial charge in [0.15, 0.2) is 5.65 Å². The second kappa shape index (κ2) is 8.90. The summed E-state index contributed by atoms with van der Waals surface area (Å²) in [4.78, 5) is 19.6. The van der Waals surface area contributed by atoms with Gasteiger partial charge in [0, 0.05) is 24.0 Å². The lowest BCUT2D eigenvalue weighted by atomic mass is 10.1. The Hall–Kier alpha value is -2.15. The van der Waals surface area contributed by atoms with Crippen LogP contribution < -0.4 is 0 Å². The van der Waals surface area contributed by atoms with Crippen molar-refractivity contribution < 1.29 is 4.79 Å². The first-order valence-corrected chi connectivity index (χ1v) is 11.1. The highest BCUT2D eigenvalue weighted by molar-refractivity contribution is 7.99. The molecule has 1 aromatic carbocycles. The summed E-state index contributed by atoms with van der Waals surface area (Å²) in [5.74, 6) is 0.460. The van der Waals surface area contributed by atoms with Crippen LogP contribution in [0.4, 0.5) is 0 Å². The highest BCUT2D eigenvalue weighted by Crippen LogP contribution is 2.27. The summed E-state index contributed by atoms with van der Waals surface area (Å²) in [6.45, 7) is 11.4. The van der Waals surface area contributed by atoms with Crippen LogP contribution in [0.5, 0.6) is 0 Å². The number of amides is 1. The smallest absolute Gasteiger partial charge is 0.233 e. The predicted octanol–water partition coefficient (Wildman–Crippen LogP) is 4.52. The van der Waals surface area contributed by atoms with E-state index >= 15 is 0 Å². The number of aryl methyl sites for hydroxylation is 1. The summed E-state index contributed by atoms with van der Waals surface area (Å²) >= 11 is 1.37. The van der Waals surface area contributed by atoms with Gasteiger partial charge in [-0.15, -0.1) is 10.2 Å². The molecule has 0 aliphatic rings. The SMILES string of the molecule is CCC(C)N(C(=O)CSc1nnc2c3ccccc3n(CC)c2n1)C(C)CC. The summed E-state index contributed by atoms with van der Waals surface area (Å²) in [5.41, 5.74) is 2.75. The van der Waals surface area contributed by atoms with Gasteiger partial charge in [0.05, 0.1) is 11.3 Å². The molecule has 28 heavy (non-hydrogen) atoms. The second-order valence-corrected chi connectivity index (χ2v) is 8.07. The maximum absolute atomic E-state index is 12.9. The second-order valence-electron chi connectivity index (χ2n) is 7.13. The van der Waals surface area contributed by atoms with E-state index < -0.39 is 0 Å². The number of nitrogens with zero attached hydrogens (tertiary/aromatic N) is 5. The molecule has 0 aliphatic carbocycles. The Morgan fingerprint density at radius 3 is 2.43 bits per heavy atom. The van der Waals surface area contributed by atoms with Gasteiger partial charge in [0.25, 0.3) is 0 Å². The number of hydrogen-bond donors (Lipinski definition) is 0. The first-order valence-electron chi connectivity index (χ1n) is 10.1. The number of para-hydroxylation sites is 1. The molecule has 0 saturated heterocycles. The number of benzene rings is 1. The number of thioether (sulfide) groups is 1. The molecule has 2 atom stereocenters. The van der Waals surface area contributed by atoms with Gasteiger partial charge >= 0.3 is 0 Å². The van der Waals surface area contributed by atoms with E-state index in [1.54, 1.807) is 0 Å². The number of hydrogen-bond acceptors (Lipinski definition) is 5. The molecule has 6 nitrogen and oxygen atoms in total. The zero-order chi connectivity index (χ0) is 20.3. The quantitative estimate of drug-likeness (QED) is 0.521. The first-order chi connectivity index (χ1) is 13.5. The van der Waals surface area contributed by atoms with E-state index in [-0.39, 0.29) is 18.0 Å². The topological polar surface area (TPSA) is 63.9 Å². The Kier molecular flexibility index (Phi) is 6.54. The molecule has 0 N–H and O–H groups in total. The monoisotopic (exact) mass is 399 g/mol. The van der Waals surface area contributed by atoms with Gasteiger partial charge in [0.2, 0.25) is 11.1 Å². The van der Waals surface area contributed by atoms with Crippen molar-refractivity contribution in [1.29, 1.82) is 0 Å². The van der Waals surface area contributed by atoms with E-state index in [9.17, 15) is 4.79 Å². The summed E-state index contributed by atoms with van der Waals surface area (Å²) in [6, 6.07) is 8.61. The van der Waals surface area contributed by atoms with Crippen LogP contribution in [0, 0.1) is 0 Å². The van der Waals surface area contributed by atoms with E-state index in [1.807, 2.05) is 23.1 Å². The fraction of sp³-hybridized carbons (Fsp3) is 0.524. The van der Waals surface area contributed by atoms with Crippen molar-refractivity contribution in [3.63, 3.8) is 0 Å². The minimum atomic E-state index is 0.133. The number of carbonyl (C=O) groups is 1. The highest BCUT2D eigenvalue weighted by atomic mass is 32.2. The van der Waals surface area contributed by atoms with Crippen molar-refractivity contribution in [2.24, 2.45) is 0 Å². The van der Waals surface area contributed by atoms with Crippen molar-refractivity contribution in [1.82, 2.24) is 24.6 Å². The molecule has 1 amide bonds. The molecule has 2 unspecified atom stereocenters. The Bertz CT molecular complexity index is 960. The number of fused-ring (bicyclic) bond motifs is 3. The first kappa shape index (κ1) is 20.6. The van der Waals surface area contributed by atoms with Crippen molar-refractivity contribution in [2.45, 2.75) is 71.2 Å². The van der Waals surface area contributed by atoms with Gasteiger partial charge in [-0.05, 0) is 39.7 Å². The lowest BCUT2D eigenvalue weighted by Crippen LogP contribution is -2.45. The summed E-state index contributed by atoms with van der Waals surface area (Å²) < 4.78 is 2.15. The molecule has 150 valence electrons. The molecule has 3 rings (SSSR count). The molecule has 0 saturated carbocycles. The molecule has 0 radical (unpaired) electrons. The number of rotatable bonds is 8. The third-order valence-corrected chi connectivity index (χ3v) is 6.24. The molecule has 2 heterocycles. The van der Waals surface area contributed by atoms with Gasteiger partial charge in [0.1, 0.15) is 5.52 Å². The van der Waals surface area contributed by atoms with Gasteiger partial charge in [-0.3, -0.25) is 4.79 Å². The number of carbonyl (C=O) groups excluding carboxylic acids is 1. The normalized spacial score (nSPS) is 13.8. The lowest BCUT2D eigenvalue weighted by Gasteiger charge is -2.33. The largest absolute Gasteiger partial charge is 0.337 e. The summed E-state index contributed by atoms with van der Waals surface area (Å²) in [7, 11) is 0. The van der Waals surface area contributed by atoms with E-state index in [1.165, 1.54) is 11.8 Å². The molecular weight excluding hydrogens is 370 g/mol. The van der Waals surface area contributed by atoms with Gasteiger partial charge < -0.3 is 9.47 Å².